The van der Waals surface area contributed by atoms with E-state index in [2.05, 4.69) is 49.2 Å². The SMILES string of the molecule is C=C(C)C1=CC2(CCNc3ccccc3CC2)CC1. The molecule has 1 heterocycles. The molecular formula is C18H23N. The zero-order chi connectivity index (χ0) is 13.3. The summed E-state index contributed by atoms with van der Waals surface area (Å²) in [5, 5.41) is 3.61. The Kier molecular flexibility index (Phi) is 3.22. The molecule has 0 radical (unpaired) electrons. The van der Waals surface area contributed by atoms with Crippen LogP contribution >= 0.6 is 0 Å². The summed E-state index contributed by atoms with van der Waals surface area (Å²) >= 11 is 0. The number of hydrogen-bond donors (Lipinski definition) is 1. The molecule has 2 aliphatic rings. The zero-order valence-corrected chi connectivity index (χ0v) is 11.8. The van der Waals surface area contributed by atoms with Crippen LogP contribution in [0.3, 0.4) is 0 Å². The number of fused-ring (bicyclic) bond motifs is 1. The average Bonchev–Trinajstić information content (AvgIpc) is 2.81. The van der Waals surface area contributed by atoms with Crippen LogP contribution in [-0.2, 0) is 6.42 Å². The molecule has 1 nitrogen and oxygen atoms in total. The lowest BCUT2D eigenvalue weighted by Crippen LogP contribution is -2.23. The van der Waals surface area contributed by atoms with Crippen molar-refractivity contribution in [2.75, 3.05) is 11.9 Å². The second kappa shape index (κ2) is 4.88. The van der Waals surface area contributed by atoms with E-state index in [9.17, 15) is 0 Å². The number of benzene rings is 1. The van der Waals surface area contributed by atoms with Gasteiger partial charge in [-0.05, 0) is 61.6 Å². The van der Waals surface area contributed by atoms with Crippen molar-refractivity contribution < 1.29 is 0 Å². The third-order valence-corrected chi connectivity index (χ3v) is 4.77. The van der Waals surface area contributed by atoms with Gasteiger partial charge in [0.2, 0.25) is 0 Å². The fourth-order valence-corrected chi connectivity index (χ4v) is 3.49. The number of para-hydroxylation sites is 1. The van der Waals surface area contributed by atoms with E-state index < -0.39 is 0 Å². The Labute approximate surface area is 116 Å². The second-order valence-corrected chi connectivity index (χ2v) is 6.15. The first kappa shape index (κ1) is 12.5. The Bertz CT molecular complexity index is 526. The summed E-state index contributed by atoms with van der Waals surface area (Å²) in [6.07, 6.45) is 8.77. The molecule has 1 N–H and O–H groups in total. The van der Waals surface area contributed by atoms with Crippen molar-refractivity contribution in [2.45, 2.75) is 39.0 Å². The van der Waals surface area contributed by atoms with Crippen molar-refractivity contribution in [1.29, 1.82) is 0 Å². The van der Waals surface area contributed by atoms with Crippen molar-refractivity contribution >= 4 is 5.69 Å². The Morgan fingerprint density at radius 1 is 1.16 bits per heavy atom. The minimum absolute atomic E-state index is 0.412. The molecule has 0 saturated carbocycles. The van der Waals surface area contributed by atoms with Gasteiger partial charge in [0, 0.05) is 12.2 Å². The van der Waals surface area contributed by atoms with Crippen LogP contribution in [0.2, 0.25) is 0 Å². The van der Waals surface area contributed by atoms with Gasteiger partial charge < -0.3 is 5.32 Å². The number of nitrogens with one attached hydrogen (secondary N) is 1. The minimum Gasteiger partial charge on any atom is -0.385 e. The third kappa shape index (κ3) is 2.47. The van der Waals surface area contributed by atoms with Crippen LogP contribution in [0, 0.1) is 5.41 Å². The van der Waals surface area contributed by atoms with Crippen molar-refractivity contribution in [3.63, 3.8) is 0 Å². The summed E-state index contributed by atoms with van der Waals surface area (Å²) in [6, 6.07) is 8.74. The van der Waals surface area contributed by atoms with Crippen molar-refractivity contribution in [3.8, 4) is 0 Å². The highest BCUT2D eigenvalue weighted by molar-refractivity contribution is 5.51. The third-order valence-electron chi connectivity index (χ3n) is 4.77. The van der Waals surface area contributed by atoms with Gasteiger partial charge in [-0.3, -0.25) is 0 Å². The lowest BCUT2D eigenvalue weighted by molar-refractivity contribution is 0.323. The molecule has 1 unspecified atom stereocenters. The van der Waals surface area contributed by atoms with Gasteiger partial charge in [-0.2, -0.15) is 0 Å². The predicted molar refractivity (Wildman–Crippen MR) is 82.4 cm³/mol. The zero-order valence-electron chi connectivity index (χ0n) is 11.8. The summed E-state index contributed by atoms with van der Waals surface area (Å²) < 4.78 is 0. The van der Waals surface area contributed by atoms with Gasteiger partial charge in [0.25, 0.3) is 0 Å². The fraction of sp³-hybridized carbons (Fsp3) is 0.444. The number of hydrogen-bond acceptors (Lipinski definition) is 1. The quantitative estimate of drug-likeness (QED) is 0.763. The maximum Gasteiger partial charge on any atom is 0.0372 e. The second-order valence-electron chi connectivity index (χ2n) is 6.15. The van der Waals surface area contributed by atoms with Gasteiger partial charge in [0.05, 0.1) is 0 Å². The summed E-state index contributed by atoms with van der Waals surface area (Å²) in [7, 11) is 0. The first-order chi connectivity index (χ1) is 9.19. The number of allylic oxidation sites excluding steroid dienone is 3. The molecule has 0 aromatic heterocycles. The van der Waals surface area contributed by atoms with E-state index in [-0.39, 0.29) is 0 Å². The molecule has 1 aliphatic carbocycles. The molecule has 0 amide bonds. The fourth-order valence-electron chi connectivity index (χ4n) is 3.49. The van der Waals surface area contributed by atoms with Gasteiger partial charge >= 0.3 is 0 Å². The van der Waals surface area contributed by atoms with Crippen molar-refractivity contribution in [2.24, 2.45) is 5.41 Å². The Balaban J connectivity index is 1.83. The van der Waals surface area contributed by atoms with Gasteiger partial charge in [0.1, 0.15) is 0 Å². The lowest BCUT2D eigenvalue weighted by atomic mass is 9.77. The molecule has 1 atom stereocenters. The van der Waals surface area contributed by atoms with Crippen LogP contribution in [0.15, 0.2) is 48.1 Å². The predicted octanol–water partition coefficient (Wildman–Crippen LogP) is 4.72. The Hall–Kier alpha value is -1.50. The highest BCUT2D eigenvalue weighted by atomic mass is 14.9. The largest absolute Gasteiger partial charge is 0.385 e. The normalized spacial score (nSPS) is 26.1. The van der Waals surface area contributed by atoms with Crippen LogP contribution in [0.5, 0.6) is 0 Å². The molecule has 3 rings (SSSR count). The topological polar surface area (TPSA) is 12.0 Å². The van der Waals surface area contributed by atoms with Gasteiger partial charge in [0.15, 0.2) is 0 Å². The highest BCUT2D eigenvalue weighted by Gasteiger charge is 2.33. The van der Waals surface area contributed by atoms with E-state index in [1.54, 1.807) is 0 Å². The van der Waals surface area contributed by atoms with Crippen LogP contribution in [-0.4, -0.2) is 6.54 Å². The molecule has 0 bridgehead atoms. The van der Waals surface area contributed by atoms with E-state index in [4.69, 9.17) is 0 Å². The van der Waals surface area contributed by atoms with E-state index in [1.165, 1.54) is 54.5 Å². The molecule has 1 aliphatic heterocycles. The Morgan fingerprint density at radius 3 is 2.74 bits per heavy atom. The first-order valence-electron chi connectivity index (χ1n) is 7.38. The molecule has 1 aromatic rings. The number of anilines is 1. The molecule has 1 aromatic carbocycles. The molecule has 0 saturated heterocycles. The molecular weight excluding hydrogens is 230 g/mol. The molecule has 100 valence electrons. The van der Waals surface area contributed by atoms with E-state index >= 15 is 0 Å². The Morgan fingerprint density at radius 2 is 1.95 bits per heavy atom. The van der Waals surface area contributed by atoms with E-state index in [0.29, 0.717) is 5.41 Å². The van der Waals surface area contributed by atoms with E-state index in [0.717, 1.165) is 6.54 Å². The van der Waals surface area contributed by atoms with Gasteiger partial charge in [-0.15, -0.1) is 0 Å². The summed E-state index contributed by atoms with van der Waals surface area (Å²) in [5.74, 6) is 0. The van der Waals surface area contributed by atoms with Gasteiger partial charge in [-0.1, -0.05) is 36.4 Å². The van der Waals surface area contributed by atoms with Crippen LogP contribution in [0.25, 0.3) is 0 Å². The van der Waals surface area contributed by atoms with Crippen molar-refractivity contribution in [1.82, 2.24) is 0 Å². The molecule has 0 fully saturated rings. The van der Waals surface area contributed by atoms with Crippen LogP contribution in [0.1, 0.15) is 38.2 Å². The highest BCUT2D eigenvalue weighted by Crippen LogP contribution is 2.45. The molecule has 1 heteroatoms. The summed E-state index contributed by atoms with van der Waals surface area (Å²) in [6.45, 7) is 7.33. The molecule has 19 heavy (non-hydrogen) atoms. The summed E-state index contributed by atoms with van der Waals surface area (Å²) in [4.78, 5) is 0. The standard InChI is InChI=1S/C18H23N/c1-14(2)16-8-10-18(13-16)9-7-15-5-3-4-6-17(15)19-12-11-18/h3-6,13,19H,1,7-12H2,2H3. The van der Waals surface area contributed by atoms with Gasteiger partial charge in [-0.25, -0.2) is 0 Å². The monoisotopic (exact) mass is 253 g/mol. The van der Waals surface area contributed by atoms with Crippen LogP contribution in [0.4, 0.5) is 5.69 Å². The average molecular weight is 253 g/mol. The smallest absolute Gasteiger partial charge is 0.0372 e. The number of aryl methyl sites for hydroxylation is 1. The maximum atomic E-state index is 4.11. The first-order valence-corrected chi connectivity index (χ1v) is 7.38. The minimum atomic E-state index is 0.412. The lowest BCUT2D eigenvalue weighted by Gasteiger charge is -2.30. The van der Waals surface area contributed by atoms with E-state index in [1.807, 2.05) is 0 Å². The maximum absolute atomic E-state index is 4.11. The summed E-state index contributed by atoms with van der Waals surface area (Å²) in [5.41, 5.74) is 5.97. The van der Waals surface area contributed by atoms with Crippen LogP contribution < -0.4 is 5.32 Å². The van der Waals surface area contributed by atoms with Crippen molar-refractivity contribution in [3.05, 3.63) is 53.6 Å². The number of rotatable bonds is 1. The molecule has 1 spiro atoms.